The van der Waals surface area contributed by atoms with E-state index in [1.807, 2.05) is 0 Å². The molecule has 124 valence electrons. The molecule has 1 N–H and O–H groups in total. The molecule has 9 heteroatoms. The zero-order valence-corrected chi connectivity index (χ0v) is 11.2. The molecule has 0 unspecified atom stereocenters. The van der Waals surface area contributed by atoms with Crippen molar-refractivity contribution >= 4 is 0 Å². The monoisotopic (exact) mass is 337 g/mol. The molecule has 0 saturated carbocycles. The minimum Gasteiger partial charge on any atom is -0.405 e. The third-order valence-corrected chi connectivity index (χ3v) is 2.85. The lowest BCUT2D eigenvalue weighted by Gasteiger charge is -2.15. The van der Waals surface area contributed by atoms with Crippen molar-refractivity contribution in [3.8, 4) is 16.9 Å². The van der Waals surface area contributed by atoms with Crippen LogP contribution in [0.2, 0.25) is 0 Å². The van der Waals surface area contributed by atoms with Crippen LogP contribution in [0, 0.1) is 0 Å². The number of alkyl halides is 6. The van der Waals surface area contributed by atoms with Crippen LogP contribution in [0.5, 0.6) is 5.75 Å². The van der Waals surface area contributed by atoms with Gasteiger partial charge in [-0.1, -0.05) is 18.2 Å². The lowest BCUT2D eigenvalue weighted by Crippen LogP contribution is -2.17. The average Bonchev–Trinajstić information content (AvgIpc) is 2.44. The second kappa shape index (κ2) is 6.07. The van der Waals surface area contributed by atoms with E-state index >= 15 is 0 Å². The van der Waals surface area contributed by atoms with Crippen molar-refractivity contribution in [3.63, 3.8) is 0 Å². The molecule has 0 fully saturated rings. The summed E-state index contributed by atoms with van der Waals surface area (Å²) in [6.07, 6.45) is -8.85. The van der Waals surface area contributed by atoms with Crippen molar-refractivity contribution in [2.75, 3.05) is 0 Å². The molecule has 1 aromatic heterocycles. The van der Waals surface area contributed by atoms with Crippen LogP contribution in [-0.2, 0) is 12.8 Å². The van der Waals surface area contributed by atoms with E-state index in [0.717, 1.165) is 12.3 Å². The highest BCUT2D eigenvalue weighted by molar-refractivity contribution is 5.70. The molecule has 2 rings (SSSR count). The Hall–Kier alpha value is -2.29. The Balaban J connectivity index is 2.55. The van der Waals surface area contributed by atoms with Gasteiger partial charge >= 0.3 is 12.5 Å². The van der Waals surface area contributed by atoms with Gasteiger partial charge in [-0.05, 0) is 12.1 Å². The van der Waals surface area contributed by atoms with Crippen LogP contribution < -0.4 is 4.74 Å². The minimum absolute atomic E-state index is 0.202. The van der Waals surface area contributed by atoms with Crippen LogP contribution in [0.3, 0.4) is 0 Å². The number of pyridine rings is 1. The normalized spacial score (nSPS) is 12.3. The van der Waals surface area contributed by atoms with E-state index in [4.69, 9.17) is 5.11 Å². The first-order valence-corrected chi connectivity index (χ1v) is 6.14. The number of aromatic nitrogens is 1. The van der Waals surface area contributed by atoms with Crippen LogP contribution in [-0.4, -0.2) is 16.5 Å². The van der Waals surface area contributed by atoms with Crippen molar-refractivity contribution in [1.82, 2.24) is 4.98 Å². The molecule has 1 aromatic carbocycles. The number of halogens is 6. The van der Waals surface area contributed by atoms with E-state index < -0.39 is 36.2 Å². The highest BCUT2D eigenvalue weighted by atomic mass is 19.4. The average molecular weight is 337 g/mol. The summed E-state index contributed by atoms with van der Waals surface area (Å²) < 4.78 is 79.8. The van der Waals surface area contributed by atoms with E-state index in [9.17, 15) is 26.3 Å². The molecule has 0 amide bonds. The molecule has 1 heterocycles. The summed E-state index contributed by atoms with van der Waals surface area (Å²) in [5, 5.41) is 8.91. The lowest BCUT2D eigenvalue weighted by atomic mass is 10.0. The zero-order chi connectivity index (χ0) is 17.3. The summed E-state index contributed by atoms with van der Waals surface area (Å²) in [5.74, 6) is -0.647. The number of benzene rings is 1. The third kappa shape index (κ3) is 4.13. The Morgan fingerprint density at radius 1 is 1.04 bits per heavy atom. The molecule has 0 spiro atoms. The molecule has 0 aliphatic heterocycles. The number of rotatable bonds is 3. The quantitative estimate of drug-likeness (QED) is 0.856. The lowest BCUT2D eigenvalue weighted by molar-refractivity contribution is -0.274. The number of nitrogens with zero attached hydrogens (tertiary/aromatic N) is 1. The Morgan fingerprint density at radius 2 is 1.70 bits per heavy atom. The maximum atomic E-state index is 12.9. The SMILES string of the molecule is OCc1ncc(-c2ccccc2OC(F)(F)F)cc1C(F)(F)F. The number of aliphatic hydroxyl groups is 1. The summed E-state index contributed by atoms with van der Waals surface area (Å²) in [4.78, 5) is 3.47. The van der Waals surface area contributed by atoms with E-state index in [1.165, 1.54) is 18.2 Å². The standard InChI is InChI=1S/C14H9F6NO2/c15-13(16,17)10-5-8(6-21-11(10)7-22)9-3-1-2-4-12(9)23-14(18,19)20/h1-6,22H,7H2. The first-order chi connectivity index (χ1) is 10.6. The van der Waals surface area contributed by atoms with Gasteiger partial charge in [0.1, 0.15) is 5.75 Å². The van der Waals surface area contributed by atoms with E-state index in [0.29, 0.717) is 6.07 Å². The van der Waals surface area contributed by atoms with Crippen molar-refractivity contribution in [3.05, 3.63) is 47.8 Å². The maximum Gasteiger partial charge on any atom is 0.573 e. The fraction of sp³-hybridized carbons (Fsp3) is 0.214. The molecule has 0 aliphatic rings. The molecule has 0 bridgehead atoms. The van der Waals surface area contributed by atoms with Crippen LogP contribution >= 0.6 is 0 Å². The predicted octanol–water partition coefficient (Wildman–Crippen LogP) is 4.16. The molecular weight excluding hydrogens is 328 g/mol. The molecular formula is C14H9F6NO2. The molecule has 0 radical (unpaired) electrons. The summed E-state index contributed by atoms with van der Waals surface area (Å²) in [7, 11) is 0. The first kappa shape index (κ1) is 17.1. The predicted molar refractivity (Wildman–Crippen MR) is 67.3 cm³/mol. The van der Waals surface area contributed by atoms with Crippen molar-refractivity contribution in [2.45, 2.75) is 19.1 Å². The van der Waals surface area contributed by atoms with Gasteiger partial charge in [0.25, 0.3) is 0 Å². The van der Waals surface area contributed by atoms with Crippen molar-refractivity contribution in [1.29, 1.82) is 0 Å². The van der Waals surface area contributed by atoms with Crippen molar-refractivity contribution < 1.29 is 36.2 Å². The summed E-state index contributed by atoms with van der Waals surface area (Å²) in [6.45, 7) is -0.949. The maximum absolute atomic E-state index is 12.9. The van der Waals surface area contributed by atoms with Crippen LogP contribution in [0.4, 0.5) is 26.3 Å². The third-order valence-electron chi connectivity index (χ3n) is 2.85. The number of hydrogen-bond donors (Lipinski definition) is 1. The fourth-order valence-corrected chi connectivity index (χ4v) is 1.93. The summed E-state index contributed by atoms with van der Waals surface area (Å²) in [5.41, 5.74) is -2.25. The van der Waals surface area contributed by atoms with Gasteiger partial charge in [-0.15, -0.1) is 13.2 Å². The zero-order valence-electron chi connectivity index (χ0n) is 11.2. The largest absolute Gasteiger partial charge is 0.573 e. The fourth-order valence-electron chi connectivity index (χ4n) is 1.93. The highest BCUT2D eigenvalue weighted by Crippen LogP contribution is 2.37. The molecule has 0 aliphatic carbocycles. The summed E-state index contributed by atoms with van der Waals surface area (Å²) >= 11 is 0. The first-order valence-electron chi connectivity index (χ1n) is 6.14. The number of aliphatic hydroxyl groups excluding tert-OH is 1. The topological polar surface area (TPSA) is 42.4 Å². The van der Waals surface area contributed by atoms with Gasteiger partial charge in [0.05, 0.1) is 17.9 Å². The number of para-hydroxylation sites is 1. The van der Waals surface area contributed by atoms with Crippen LogP contribution in [0.1, 0.15) is 11.3 Å². The Morgan fingerprint density at radius 3 is 2.26 bits per heavy atom. The van der Waals surface area contributed by atoms with E-state index in [-0.39, 0.29) is 11.1 Å². The van der Waals surface area contributed by atoms with Gasteiger partial charge < -0.3 is 9.84 Å². The Kier molecular flexibility index (Phi) is 4.51. The van der Waals surface area contributed by atoms with Gasteiger partial charge in [-0.25, -0.2) is 0 Å². The molecule has 3 nitrogen and oxygen atoms in total. The van der Waals surface area contributed by atoms with Gasteiger partial charge in [0, 0.05) is 17.3 Å². The van der Waals surface area contributed by atoms with E-state index in [2.05, 4.69) is 9.72 Å². The Bertz CT molecular complexity index is 696. The Labute approximate surface area is 126 Å². The second-order valence-electron chi connectivity index (χ2n) is 4.42. The molecule has 2 aromatic rings. The van der Waals surface area contributed by atoms with Crippen molar-refractivity contribution in [2.24, 2.45) is 0 Å². The minimum atomic E-state index is -4.98. The number of hydrogen-bond acceptors (Lipinski definition) is 3. The van der Waals surface area contributed by atoms with Gasteiger partial charge in [-0.2, -0.15) is 13.2 Å². The number of ether oxygens (including phenoxy) is 1. The highest BCUT2D eigenvalue weighted by Gasteiger charge is 2.35. The second-order valence-corrected chi connectivity index (χ2v) is 4.42. The van der Waals surface area contributed by atoms with E-state index in [1.54, 1.807) is 0 Å². The molecule has 0 atom stereocenters. The van der Waals surface area contributed by atoms with Crippen LogP contribution in [0.25, 0.3) is 11.1 Å². The van der Waals surface area contributed by atoms with Gasteiger partial charge in [0.15, 0.2) is 0 Å². The van der Waals surface area contributed by atoms with Crippen LogP contribution in [0.15, 0.2) is 36.5 Å². The smallest absolute Gasteiger partial charge is 0.405 e. The molecule has 23 heavy (non-hydrogen) atoms. The van der Waals surface area contributed by atoms with Gasteiger partial charge in [-0.3, -0.25) is 4.98 Å². The summed E-state index contributed by atoms with van der Waals surface area (Å²) in [6, 6.07) is 5.39. The molecule has 0 saturated heterocycles. The van der Waals surface area contributed by atoms with Gasteiger partial charge in [0.2, 0.25) is 0 Å².